The van der Waals surface area contributed by atoms with Gasteiger partial charge in [-0.1, -0.05) is 6.07 Å². The Labute approximate surface area is 527 Å². The summed E-state index contributed by atoms with van der Waals surface area (Å²) in [5, 5.41) is 41.6. The van der Waals surface area contributed by atoms with Gasteiger partial charge < -0.3 is 64.9 Å². The molecule has 1 atom stereocenters. The zero-order chi connectivity index (χ0) is 63.7. The summed E-state index contributed by atoms with van der Waals surface area (Å²) in [7, 11) is 0. The number of aromatic amines is 3. The van der Waals surface area contributed by atoms with Gasteiger partial charge in [0, 0.05) is 74.1 Å². The maximum Gasteiger partial charge on any atom is 0.183 e. The monoisotopic (exact) mass is 1250 g/mol. The topological polar surface area (TPSA) is 424 Å². The lowest BCUT2D eigenvalue weighted by atomic mass is 10.1. The number of nitrogens with zero attached hydrogens (tertiary/aromatic N) is 20. The second-order valence-corrected chi connectivity index (χ2v) is 20.4. The van der Waals surface area contributed by atoms with Gasteiger partial charge in [-0.3, -0.25) is 34.3 Å². The first-order valence-corrected chi connectivity index (χ1v) is 29.2. The number of pyridine rings is 1. The predicted molar refractivity (Wildman–Crippen MR) is 339 cm³/mol. The molecule has 0 radical (unpaired) electrons. The van der Waals surface area contributed by atoms with E-state index in [9.17, 15) is 15.3 Å². The number of imidazole rings is 4. The molecule has 16 heterocycles. The Hall–Kier alpha value is -12.2. The molecule has 16 rings (SSSR count). The molecule has 0 saturated heterocycles. The third-order valence-electron chi connectivity index (χ3n) is 14.4. The summed E-state index contributed by atoms with van der Waals surface area (Å²) in [4.78, 5) is 84.7. The van der Waals surface area contributed by atoms with Crippen LogP contribution >= 0.6 is 0 Å². The Morgan fingerprint density at radius 1 is 0.527 bits per heavy atom. The number of aryl methyl sites for hydroxylation is 4. The summed E-state index contributed by atoms with van der Waals surface area (Å²) in [6, 6.07) is 15.9. The van der Waals surface area contributed by atoms with Crippen molar-refractivity contribution in [1.82, 2.24) is 114 Å². The van der Waals surface area contributed by atoms with Crippen LogP contribution in [0.2, 0.25) is 0 Å². The molecule has 32 nitrogen and oxygen atoms in total. The average Bonchev–Trinajstić information content (AvgIpc) is 1.69. The number of aliphatic hydroxyl groups is 3. The number of H-pyrrole nitrogens is 3. The molecule has 15 aromatic rings. The molecule has 0 bridgehead atoms. The molecule has 15 aromatic heterocycles. The largest absolute Gasteiger partial charge is 0.469 e. The molecule has 1 aliphatic rings. The molecule has 0 amide bonds. The first-order valence-electron chi connectivity index (χ1n) is 29.2. The van der Waals surface area contributed by atoms with Crippen LogP contribution in [0.5, 0.6) is 0 Å². The minimum Gasteiger partial charge on any atom is -0.469 e. The van der Waals surface area contributed by atoms with Crippen molar-refractivity contribution in [1.29, 1.82) is 0 Å². The minimum atomic E-state index is -0.146. The SMILES string of the molecule is Cc1nc(CCc2nccnc2CO)c2cc[nH]c2n1.Cc1nc(NCc2nccnc2CO)c2[nH]cnc2n1.OCc1nccnc1CNc1ncnc2nc[nH]c12.c1coc(CC2CNc3ncnc4ncn2c34)c1.c1coc(CNc2cccc3nccn23)c1. The first-order chi connectivity index (χ1) is 45.8. The van der Waals surface area contributed by atoms with Crippen LogP contribution in [0.15, 0.2) is 157 Å². The Morgan fingerprint density at radius 2 is 1.16 bits per heavy atom. The van der Waals surface area contributed by atoms with Crippen molar-refractivity contribution in [2.75, 3.05) is 27.8 Å². The number of anilines is 4. The summed E-state index contributed by atoms with van der Waals surface area (Å²) in [5.74, 6) is 6.42. The van der Waals surface area contributed by atoms with Crippen molar-refractivity contribution in [3.63, 3.8) is 0 Å². The molecule has 10 N–H and O–H groups in total. The van der Waals surface area contributed by atoms with E-state index in [-0.39, 0.29) is 25.9 Å². The highest BCUT2D eigenvalue weighted by Gasteiger charge is 2.24. The van der Waals surface area contributed by atoms with Crippen LogP contribution in [-0.2, 0) is 58.7 Å². The van der Waals surface area contributed by atoms with E-state index < -0.39 is 0 Å². The van der Waals surface area contributed by atoms with Gasteiger partial charge in [-0.05, 0) is 69.2 Å². The molecule has 0 aromatic carbocycles. The molecule has 93 heavy (non-hydrogen) atoms. The van der Waals surface area contributed by atoms with E-state index in [2.05, 4.69) is 130 Å². The Kier molecular flexibility index (Phi) is 19.3. The maximum absolute atomic E-state index is 9.27. The predicted octanol–water partition coefficient (Wildman–Crippen LogP) is 6.30. The number of fused-ring (bicyclic) bond motifs is 4. The lowest BCUT2D eigenvalue weighted by Gasteiger charge is -2.24. The normalized spacial score (nSPS) is 12.2. The van der Waals surface area contributed by atoms with Crippen LogP contribution in [-0.4, -0.2) is 135 Å². The van der Waals surface area contributed by atoms with Crippen molar-refractivity contribution in [2.45, 2.75) is 78.6 Å². The van der Waals surface area contributed by atoms with Gasteiger partial charge in [0.25, 0.3) is 0 Å². The second kappa shape index (κ2) is 29.4. The molecule has 1 aliphatic heterocycles. The van der Waals surface area contributed by atoms with Gasteiger partial charge in [-0.2, -0.15) is 0 Å². The zero-order valence-corrected chi connectivity index (χ0v) is 50.1. The van der Waals surface area contributed by atoms with Crippen LogP contribution in [0.3, 0.4) is 0 Å². The Bertz CT molecular complexity index is 4730. The van der Waals surface area contributed by atoms with Gasteiger partial charge in [-0.25, -0.2) is 59.8 Å². The van der Waals surface area contributed by atoms with Crippen molar-refractivity contribution in [3.05, 3.63) is 211 Å². The number of furan rings is 2. The van der Waals surface area contributed by atoms with E-state index in [0.717, 1.165) is 98.6 Å². The van der Waals surface area contributed by atoms with Crippen molar-refractivity contribution >= 4 is 73.4 Å². The van der Waals surface area contributed by atoms with Gasteiger partial charge in [0.15, 0.2) is 34.4 Å². The molecule has 0 saturated carbocycles. The third kappa shape index (κ3) is 14.8. The number of rotatable bonds is 17. The van der Waals surface area contributed by atoms with Crippen LogP contribution in [0.4, 0.5) is 23.3 Å². The highest BCUT2D eigenvalue weighted by Crippen LogP contribution is 2.29. The fraction of sp³-hybridized carbons (Fsp3) is 0.213. The number of hydrogen-bond donors (Lipinski definition) is 10. The molecule has 0 spiro atoms. The molecule has 0 fully saturated rings. The van der Waals surface area contributed by atoms with Crippen LogP contribution in [0, 0.1) is 13.8 Å². The number of nitrogens with one attached hydrogen (secondary N) is 7. The third-order valence-corrected chi connectivity index (χ3v) is 14.4. The highest BCUT2D eigenvalue weighted by molar-refractivity contribution is 5.85. The molecule has 32 heteroatoms. The minimum absolute atomic E-state index is 0.0917. The quantitative estimate of drug-likeness (QED) is 0.0477. The number of aliphatic hydroxyl groups excluding tert-OH is 3. The summed E-state index contributed by atoms with van der Waals surface area (Å²) in [6.07, 6.45) is 28.7. The fourth-order valence-corrected chi connectivity index (χ4v) is 10.1. The molecule has 1 unspecified atom stereocenters. The summed E-state index contributed by atoms with van der Waals surface area (Å²) < 4.78 is 14.8. The standard InChI is InChI=1S/C14H15N5O.C12H13N7O.C12H11N5O.C12H11N3O.C11H11N7O/c1-9-18-11(10-4-5-17-14(10)19-9)2-3-12-13(8-20)16-7-6-15-12;1-7-18-11(10-12(19-7)17-6-16-10)15-4-8-9(5-20)14-3-2-13-8;1-2-9(18-3-1)4-8-5-13-11-10-12(15-6-14-11)16-7-17(8)10;1-4-11-13-6-7-15(11)12(5-1)14-9-10-3-2-8-16-10;19-4-8-7(12-1-2-13-8)3-14-10-9-11(16-5-15-9)18-6-17-10/h4-7,20H,2-3,8H2,1H3,(H,17,18,19);2-3,6,20H,4-5H2,1H3,(H2,15,16,17,18,19);1-3,6-8H,4-5H2,(H,13,14,15);1-8,14H,9H2;1-2,5-6,19H,3-4H2,(H2,14,15,16,17,18). The van der Waals surface area contributed by atoms with E-state index in [1.54, 1.807) is 75.5 Å². The van der Waals surface area contributed by atoms with E-state index in [1.807, 2.05) is 78.6 Å². The van der Waals surface area contributed by atoms with E-state index in [0.29, 0.717) is 83.3 Å². The smallest absolute Gasteiger partial charge is 0.183 e. The molecule has 470 valence electrons. The Balaban J connectivity index is 0.000000112. The van der Waals surface area contributed by atoms with Crippen LogP contribution < -0.4 is 21.3 Å². The molecular formula is C61H61N27O5. The van der Waals surface area contributed by atoms with E-state index >= 15 is 0 Å². The fourth-order valence-electron chi connectivity index (χ4n) is 10.1. The van der Waals surface area contributed by atoms with Gasteiger partial charge in [-0.15, -0.1) is 0 Å². The molecule has 0 aliphatic carbocycles. The van der Waals surface area contributed by atoms with Crippen molar-refractivity contribution < 1.29 is 24.2 Å². The lowest BCUT2D eigenvalue weighted by Crippen LogP contribution is -2.25. The highest BCUT2D eigenvalue weighted by atomic mass is 16.3. The lowest BCUT2D eigenvalue weighted by molar-refractivity contribution is 0.274. The maximum atomic E-state index is 9.27. The van der Waals surface area contributed by atoms with Gasteiger partial charge >= 0.3 is 0 Å². The second-order valence-electron chi connectivity index (χ2n) is 20.4. The van der Waals surface area contributed by atoms with Crippen molar-refractivity contribution in [2.24, 2.45) is 0 Å². The van der Waals surface area contributed by atoms with Gasteiger partial charge in [0.1, 0.15) is 69.5 Å². The summed E-state index contributed by atoms with van der Waals surface area (Å²) >= 11 is 0. The van der Waals surface area contributed by atoms with Gasteiger partial charge in [0.2, 0.25) is 0 Å². The molecular weight excluding hydrogens is 1190 g/mol. The van der Waals surface area contributed by atoms with E-state index in [4.69, 9.17) is 8.83 Å². The van der Waals surface area contributed by atoms with Crippen LogP contribution in [0.1, 0.15) is 69.1 Å². The summed E-state index contributed by atoms with van der Waals surface area (Å²) in [5.41, 5.74) is 11.1. The number of hydrogen-bond acceptors (Lipinski definition) is 27. The summed E-state index contributed by atoms with van der Waals surface area (Å²) in [6.45, 7) is 5.61. The zero-order valence-electron chi connectivity index (χ0n) is 50.1. The Morgan fingerprint density at radius 3 is 1.88 bits per heavy atom. The average molecular weight is 1250 g/mol. The number of aromatic nitrogens is 23. The van der Waals surface area contributed by atoms with Gasteiger partial charge in [0.05, 0.1) is 117 Å². The van der Waals surface area contributed by atoms with Crippen molar-refractivity contribution in [3.8, 4) is 0 Å². The first kappa shape index (κ1) is 61.1. The van der Waals surface area contributed by atoms with E-state index in [1.165, 1.54) is 12.7 Å². The van der Waals surface area contributed by atoms with Crippen LogP contribution in [0.25, 0.3) is 50.2 Å².